The summed E-state index contributed by atoms with van der Waals surface area (Å²) in [6, 6.07) is 0.271. The van der Waals surface area contributed by atoms with E-state index in [1.807, 2.05) is 0 Å². The molecule has 0 bridgehead atoms. The standard InChI is InChI=1S/C16H31N3O2.ClH/c1-12-6-13(2)10-19(9-12)16(20)11-18-5-4-15(21-3)7-14(18)8-17;/h12-15H,4-11,17H2,1-3H3;1H. The summed E-state index contributed by atoms with van der Waals surface area (Å²) < 4.78 is 5.44. The first-order valence-corrected chi connectivity index (χ1v) is 8.28. The lowest BCUT2D eigenvalue weighted by Gasteiger charge is -2.40. The van der Waals surface area contributed by atoms with Gasteiger partial charge in [-0.1, -0.05) is 13.8 Å². The van der Waals surface area contributed by atoms with Crippen molar-refractivity contribution >= 4 is 18.3 Å². The van der Waals surface area contributed by atoms with Gasteiger partial charge in [0.05, 0.1) is 12.6 Å². The van der Waals surface area contributed by atoms with E-state index in [1.54, 1.807) is 7.11 Å². The molecule has 0 spiro atoms. The predicted octanol–water partition coefficient (Wildman–Crippen LogP) is 1.35. The van der Waals surface area contributed by atoms with Gasteiger partial charge in [0.1, 0.15) is 0 Å². The Hall–Kier alpha value is -0.360. The Morgan fingerprint density at radius 2 is 1.86 bits per heavy atom. The summed E-state index contributed by atoms with van der Waals surface area (Å²) in [5.74, 6) is 1.49. The Labute approximate surface area is 140 Å². The molecule has 0 aliphatic carbocycles. The number of hydrogen-bond donors (Lipinski definition) is 1. The summed E-state index contributed by atoms with van der Waals surface area (Å²) in [6.45, 7) is 8.31. The molecular weight excluding hydrogens is 302 g/mol. The van der Waals surface area contributed by atoms with Crippen molar-refractivity contribution in [2.24, 2.45) is 17.6 Å². The Balaban J connectivity index is 0.00000242. The predicted molar refractivity (Wildman–Crippen MR) is 91.2 cm³/mol. The molecule has 130 valence electrons. The fourth-order valence-corrected chi connectivity index (χ4v) is 3.87. The van der Waals surface area contributed by atoms with Crippen LogP contribution in [0, 0.1) is 11.8 Å². The molecule has 4 atom stereocenters. The fraction of sp³-hybridized carbons (Fsp3) is 0.938. The van der Waals surface area contributed by atoms with Gasteiger partial charge in [0.25, 0.3) is 0 Å². The third-order valence-corrected chi connectivity index (χ3v) is 4.95. The van der Waals surface area contributed by atoms with E-state index in [2.05, 4.69) is 23.6 Å². The van der Waals surface area contributed by atoms with Crippen molar-refractivity contribution in [3.63, 3.8) is 0 Å². The van der Waals surface area contributed by atoms with Crippen LogP contribution in [0.2, 0.25) is 0 Å². The molecule has 0 aromatic heterocycles. The SMILES string of the molecule is COC1CCN(CC(=O)N2CC(C)CC(C)C2)C(CN)C1.Cl. The van der Waals surface area contributed by atoms with Crippen molar-refractivity contribution in [2.45, 2.75) is 45.3 Å². The molecule has 5 nitrogen and oxygen atoms in total. The van der Waals surface area contributed by atoms with Crippen molar-refractivity contribution in [2.75, 3.05) is 39.8 Å². The Bertz CT molecular complexity index is 346. The minimum atomic E-state index is 0. The smallest absolute Gasteiger partial charge is 0.236 e. The number of likely N-dealkylation sites (tertiary alicyclic amines) is 2. The maximum atomic E-state index is 12.6. The number of methoxy groups -OCH3 is 1. The van der Waals surface area contributed by atoms with Gasteiger partial charge in [0.2, 0.25) is 5.91 Å². The van der Waals surface area contributed by atoms with E-state index in [1.165, 1.54) is 6.42 Å². The van der Waals surface area contributed by atoms with E-state index in [0.717, 1.165) is 32.5 Å². The highest BCUT2D eigenvalue weighted by molar-refractivity contribution is 5.85. The van der Waals surface area contributed by atoms with Crippen LogP contribution in [0.3, 0.4) is 0 Å². The van der Waals surface area contributed by atoms with Crippen molar-refractivity contribution < 1.29 is 9.53 Å². The number of halogens is 1. The summed E-state index contributed by atoms with van der Waals surface area (Å²) >= 11 is 0. The lowest BCUT2D eigenvalue weighted by molar-refractivity contribution is -0.136. The van der Waals surface area contributed by atoms with E-state index >= 15 is 0 Å². The van der Waals surface area contributed by atoms with Gasteiger partial charge in [-0.05, 0) is 31.1 Å². The van der Waals surface area contributed by atoms with Crippen LogP contribution < -0.4 is 5.73 Å². The molecule has 0 aromatic carbocycles. The second-order valence-electron chi connectivity index (χ2n) is 6.99. The number of carbonyl (C=O) groups is 1. The van der Waals surface area contributed by atoms with E-state index < -0.39 is 0 Å². The Morgan fingerprint density at radius 1 is 1.23 bits per heavy atom. The molecule has 2 fully saturated rings. The number of amides is 1. The molecule has 6 heteroatoms. The monoisotopic (exact) mass is 333 g/mol. The summed E-state index contributed by atoms with van der Waals surface area (Å²) in [5, 5.41) is 0. The summed E-state index contributed by atoms with van der Waals surface area (Å²) in [7, 11) is 1.76. The van der Waals surface area contributed by atoms with Gasteiger partial charge >= 0.3 is 0 Å². The van der Waals surface area contributed by atoms with Crippen LogP contribution in [-0.2, 0) is 9.53 Å². The normalized spacial score (nSPS) is 33.4. The lowest BCUT2D eigenvalue weighted by Crippen LogP contribution is -2.53. The molecule has 2 rings (SSSR count). The third kappa shape index (κ3) is 5.08. The molecule has 2 N–H and O–H groups in total. The van der Waals surface area contributed by atoms with Gasteiger partial charge in [-0.25, -0.2) is 0 Å². The zero-order valence-corrected chi connectivity index (χ0v) is 15.0. The van der Waals surface area contributed by atoms with Gasteiger partial charge in [0, 0.05) is 39.3 Å². The van der Waals surface area contributed by atoms with Gasteiger partial charge in [0.15, 0.2) is 0 Å². The fourth-order valence-electron chi connectivity index (χ4n) is 3.87. The highest BCUT2D eigenvalue weighted by Crippen LogP contribution is 2.23. The molecule has 2 aliphatic rings. The van der Waals surface area contributed by atoms with E-state index in [4.69, 9.17) is 10.5 Å². The molecular formula is C16H32ClN3O2. The lowest BCUT2D eigenvalue weighted by atomic mass is 9.92. The summed E-state index contributed by atoms with van der Waals surface area (Å²) in [5.41, 5.74) is 5.89. The quantitative estimate of drug-likeness (QED) is 0.843. The maximum Gasteiger partial charge on any atom is 0.236 e. The first-order chi connectivity index (χ1) is 10.0. The molecule has 4 unspecified atom stereocenters. The zero-order valence-electron chi connectivity index (χ0n) is 14.2. The number of nitrogens with two attached hydrogens (primary N) is 1. The number of piperidine rings is 2. The molecule has 2 aliphatic heterocycles. The summed E-state index contributed by atoms with van der Waals surface area (Å²) in [4.78, 5) is 16.9. The highest BCUT2D eigenvalue weighted by atomic mass is 35.5. The van der Waals surface area contributed by atoms with Gasteiger partial charge in [-0.15, -0.1) is 12.4 Å². The minimum Gasteiger partial charge on any atom is -0.381 e. The largest absolute Gasteiger partial charge is 0.381 e. The number of ether oxygens (including phenoxy) is 1. The minimum absolute atomic E-state index is 0. The number of nitrogens with zero attached hydrogens (tertiary/aromatic N) is 2. The van der Waals surface area contributed by atoms with Crippen LogP contribution in [0.1, 0.15) is 33.1 Å². The van der Waals surface area contributed by atoms with Crippen LogP contribution in [0.5, 0.6) is 0 Å². The number of rotatable bonds is 4. The molecule has 2 heterocycles. The molecule has 1 amide bonds. The van der Waals surface area contributed by atoms with Gasteiger partial charge < -0.3 is 15.4 Å². The molecule has 22 heavy (non-hydrogen) atoms. The average Bonchev–Trinajstić information content (AvgIpc) is 2.46. The van der Waals surface area contributed by atoms with Crippen LogP contribution in [0.25, 0.3) is 0 Å². The summed E-state index contributed by atoms with van der Waals surface area (Å²) in [6.07, 6.45) is 3.45. The van der Waals surface area contributed by atoms with E-state index in [9.17, 15) is 4.79 Å². The molecule has 0 saturated carbocycles. The van der Waals surface area contributed by atoms with Crippen LogP contribution in [-0.4, -0.2) is 67.7 Å². The van der Waals surface area contributed by atoms with Crippen molar-refractivity contribution in [1.82, 2.24) is 9.80 Å². The van der Waals surface area contributed by atoms with Crippen molar-refractivity contribution in [3.05, 3.63) is 0 Å². The third-order valence-electron chi connectivity index (χ3n) is 4.95. The van der Waals surface area contributed by atoms with Gasteiger partial charge in [-0.2, -0.15) is 0 Å². The Morgan fingerprint density at radius 3 is 2.41 bits per heavy atom. The van der Waals surface area contributed by atoms with Crippen molar-refractivity contribution in [3.8, 4) is 0 Å². The molecule has 0 radical (unpaired) electrons. The van der Waals surface area contributed by atoms with Gasteiger partial charge in [-0.3, -0.25) is 9.69 Å². The topological polar surface area (TPSA) is 58.8 Å². The first-order valence-electron chi connectivity index (χ1n) is 8.28. The second kappa shape index (κ2) is 9.06. The molecule has 0 aromatic rings. The van der Waals surface area contributed by atoms with Crippen LogP contribution >= 0.6 is 12.4 Å². The number of hydrogen-bond acceptors (Lipinski definition) is 4. The average molecular weight is 334 g/mol. The highest BCUT2D eigenvalue weighted by Gasteiger charge is 2.31. The first kappa shape index (κ1) is 19.7. The maximum absolute atomic E-state index is 12.6. The zero-order chi connectivity index (χ0) is 15.4. The second-order valence-corrected chi connectivity index (χ2v) is 6.99. The van der Waals surface area contributed by atoms with E-state index in [-0.39, 0.29) is 24.4 Å². The van der Waals surface area contributed by atoms with Crippen molar-refractivity contribution in [1.29, 1.82) is 0 Å². The van der Waals surface area contributed by atoms with E-state index in [0.29, 0.717) is 31.0 Å². The van der Waals surface area contributed by atoms with Crippen LogP contribution in [0.4, 0.5) is 0 Å². The Kier molecular flexibility index (Phi) is 8.11. The van der Waals surface area contributed by atoms with Crippen LogP contribution in [0.15, 0.2) is 0 Å². The number of carbonyl (C=O) groups excluding carboxylic acids is 1. The molecule has 2 saturated heterocycles.